The van der Waals surface area contributed by atoms with E-state index in [-0.39, 0.29) is 0 Å². The van der Waals surface area contributed by atoms with Crippen molar-refractivity contribution < 1.29 is 9.90 Å². The molecule has 1 atom stereocenters. The molecule has 1 aromatic heterocycles. The number of hydrogen-bond donors (Lipinski definition) is 1. The van der Waals surface area contributed by atoms with Crippen LogP contribution in [0.25, 0.3) is 15.9 Å². The smallest absolute Gasteiger partial charge is 0.411 e. The van der Waals surface area contributed by atoms with Crippen LogP contribution in [0.1, 0.15) is 36.8 Å². The Bertz CT molecular complexity index is 839. The molecule has 0 aliphatic carbocycles. The minimum atomic E-state index is -0.882. The maximum atomic E-state index is 11.6. The van der Waals surface area contributed by atoms with Gasteiger partial charge < -0.3 is 10.0 Å². The number of likely N-dealkylation sites (tertiary alicyclic amines) is 1. The molecular formula is C20H25N3O2S. The molecule has 26 heavy (non-hydrogen) atoms. The van der Waals surface area contributed by atoms with Gasteiger partial charge in [-0.15, -0.1) is 11.3 Å². The molecule has 138 valence electrons. The summed E-state index contributed by atoms with van der Waals surface area (Å²) in [6.45, 7) is 6.15. The van der Waals surface area contributed by atoms with Crippen LogP contribution in [-0.2, 0) is 6.42 Å². The van der Waals surface area contributed by atoms with Gasteiger partial charge in [0.15, 0.2) is 0 Å². The van der Waals surface area contributed by atoms with Gasteiger partial charge in [-0.05, 0) is 50.4 Å². The molecule has 2 aliphatic heterocycles. The summed E-state index contributed by atoms with van der Waals surface area (Å²) in [5.74, 6) is 0.357. The summed E-state index contributed by atoms with van der Waals surface area (Å²) in [7, 11) is 0. The predicted molar refractivity (Wildman–Crippen MR) is 105 cm³/mol. The fourth-order valence-electron chi connectivity index (χ4n) is 3.86. The van der Waals surface area contributed by atoms with Crippen LogP contribution in [-0.4, -0.2) is 52.2 Å². The molecule has 1 fully saturated rings. The minimum Gasteiger partial charge on any atom is -0.465 e. The SMILES string of the molecule is CC1CC=C(c2ccc3sc(CCN4CCCC4)nc3c2)N(C(=O)O)C1. The maximum Gasteiger partial charge on any atom is 0.411 e. The van der Waals surface area contributed by atoms with Crippen molar-refractivity contribution in [2.75, 3.05) is 26.2 Å². The average molecular weight is 372 g/mol. The van der Waals surface area contributed by atoms with E-state index in [4.69, 9.17) is 4.98 Å². The number of nitrogens with zero attached hydrogens (tertiary/aromatic N) is 3. The van der Waals surface area contributed by atoms with Crippen LogP contribution < -0.4 is 0 Å². The fourth-order valence-corrected chi connectivity index (χ4v) is 4.80. The highest BCUT2D eigenvalue weighted by Gasteiger charge is 2.25. The molecule has 3 heterocycles. The molecule has 0 radical (unpaired) electrons. The molecule has 1 saturated heterocycles. The number of carboxylic acid groups (broad SMARTS) is 1. The van der Waals surface area contributed by atoms with Gasteiger partial charge in [0.25, 0.3) is 0 Å². The zero-order valence-electron chi connectivity index (χ0n) is 15.1. The first-order valence-corrected chi connectivity index (χ1v) is 10.2. The first-order chi connectivity index (χ1) is 12.6. The maximum absolute atomic E-state index is 11.6. The van der Waals surface area contributed by atoms with Crippen molar-refractivity contribution in [1.82, 2.24) is 14.8 Å². The molecule has 1 aromatic carbocycles. The number of rotatable bonds is 4. The summed E-state index contributed by atoms with van der Waals surface area (Å²) >= 11 is 1.76. The van der Waals surface area contributed by atoms with Crippen molar-refractivity contribution in [3.8, 4) is 0 Å². The standard InChI is InChI=1S/C20H25N3O2S/c1-14-4-6-17(23(13-14)20(24)25)15-5-7-18-16(12-15)21-19(26-18)8-11-22-9-2-3-10-22/h5-7,12,14H,2-4,8-11,13H2,1H3,(H,24,25). The lowest BCUT2D eigenvalue weighted by molar-refractivity contribution is 0.159. The van der Waals surface area contributed by atoms with Gasteiger partial charge in [-0.3, -0.25) is 4.90 Å². The number of hydrogen-bond acceptors (Lipinski definition) is 4. The van der Waals surface area contributed by atoms with Gasteiger partial charge in [0.05, 0.1) is 20.9 Å². The van der Waals surface area contributed by atoms with Crippen molar-refractivity contribution in [2.24, 2.45) is 5.92 Å². The lowest BCUT2D eigenvalue weighted by atomic mass is 9.98. The van der Waals surface area contributed by atoms with E-state index in [2.05, 4.69) is 17.9 Å². The van der Waals surface area contributed by atoms with Crippen molar-refractivity contribution >= 4 is 33.3 Å². The van der Waals surface area contributed by atoms with Crippen LogP contribution in [0.4, 0.5) is 4.79 Å². The normalized spacial score (nSPS) is 21.3. The van der Waals surface area contributed by atoms with Crippen molar-refractivity contribution in [3.05, 3.63) is 34.8 Å². The third-order valence-electron chi connectivity index (χ3n) is 5.30. The van der Waals surface area contributed by atoms with Gasteiger partial charge in [0, 0.05) is 25.1 Å². The molecule has 0 spiro atoms. The van der Waals surface area contributed by atoms with Crippen LogP contribution in [0, 0.1) is 5.92 Å². The van der Waals surface area contributed by atoms with Gasteiger partial charge in [-0.25, -0.2) is 9.78 Å². The number of aromatic nitrogens is 1. The van der Waals surface area contributed by atoms with E-state index in [1.807, 2.05) is 18.2 Å². The zero-order chi connectivity index (χ0) is 18.1. The first-order valence-electron chi connectivity index (χ1n) is 9.43. The Morgan fingerprint density at radius 1 is 1.35 bits per heavy atom. The highest BCUT2D eigenvalue weighted by molar-refractivity contribution is 7.18. The van der Waals surface area contributed by atoms with E-state index < -0.39 is 6.09 Å². The molecule has 1 N–H and O–H groups in total. The predicted octanol–water partition coefficient (Wildman–Crippen LogP) is 4.30. The molecule has 0 bridgehead atoms. The van der Waals surface area contributed by atoms with Gasteiger partial charge >= 0.3 is 6.09 Å². The number of allylic oxidation sites excluding steroid dienone is 1. The Kier molecular flexibility index (Phi) is 4.96. The highest BCUT2D eigenvalue weighted by Crippen LogP contribution is 2.31. The van der Waals surface area contributed by atoms with Gasteiger partial charge in [0.1, 0.15) is 0 Å². The first kappa shape index (κ1) is 17.5. The second kappa shape index (κ2) is 7.37. The molecule has 5 nitrogen and oxygen atoms in total. The van der Waals surface area contributed by atoms with Crippen LogP contribution in [0.2, 0.25) is 0 Å². The second-order valence-corrected chi connectivity index (χ2v) is 8.53. The zero-order valence-corrected chi connectivity index (χ0v) is 16.0. The number of fused-ring (bicyclic) bond motifs is 1. The van der Waals surface area contributed by atoms with Crippen molar-refractivity contribution in [1.29, 1.82) is 0 Å². The molecule has 0 saturated carbocycles. The van der Waals surface area contributed by atoms with Crippen LogP contribution in [0.5, 0.6) is 0 Å². The Hall–Kier alpha value is -1.92. The minimum absolute atomic E-state index is 0.357. The monoisotopic (exact) mass is 371 g/mol. The summed E-state index contributed by atoms with van der Waals surface area (Å²) in [5, 5.41) is 10.7. The average Bonchev–Trinajstić information content (AvgIpc) is 3.28. The van der Waals surface area contributed by atoms with E-state index in [0.717, 1.165) is 36.2 Å². The highest BCUT2D eigenvalue weighted by atomic mass is 32.1. The van der Waals surface area contributed by atoms with Crippen molar-refractivity contribution in [3.63, 3.8) is 0 Å². The van der Waals surface area contributed by atoms with Crippen LogP contribution >= 0.6 is 11.3 Å². The van der Waals surface area contributed by atoms with E-state index in [9.17, 15) is 9.90 Å². The largest absolute Gasteiger partial charge is 0.465 e. The molecule has 1 amide bonds. The summed E-state index contributed by atoms with van der Waals surface area (Å²) < 4.78 is 1.18. The van der Waals surface area contributed by atoms with E-state index in [0.29, 0.717) is 12.5 Å². The Labute approximate surface area is 157 Å². The molecule has 2 aliphatic rings. The molecular weight excluding hydrogens is 346 g/mol. The van der Waals surface area contributed by atoms with Crippen LogP contribution in [0.3, 0.4) is 0 Å². The lowest BCUT2D eigenvalue weighted by Gasteiger charge is -2.29. The summed E-state index contributed by atoms with van der Waals surface area (Å²) in [5.41, 5.74) is 2.72. The third kappa shape index (κ3) is 3.62. The molecule has 6 heteroatoms. The van der Waals surface area contributed by atoms with Gasteiger partial charge in [-0.2, -0.15) is 0 Å². The van der Waals surface area contributed by atoms with Crippen LogP contribution in [0.15, 0.2) is 24.3 Å². The quantitative estimate of drug-likeness (QED) is 0.871. The Morgan fingerprint density at radius 3 is 2.92 bits per heavy atom. The lowest BCUT2D eigenvalue weighted by Crippen LogP contribution is -2.34. The Morgan fingerprint density at radius 2 is 2.15 bits per heavy atom. The topological polar surface area (TPSA) is 56.7 Å². The second-order valence-electron chi connectivity index (χ2n) is 7.41. The summed E-state index contributed by atoms with van der Waals surface area (Å²) in [4.78, 5) is 20.4. The molecule has 1 unspecified atom stereocenters. The molecule has 2 aromatic rings. The van der Waals surface area contributed by atoms with Crippen molar-refractivity contribution in [2.45, 2.75) is 32.6 Å². The number of amides is 1. The van der Waals surface area contributed by atoms with Gasteiger partial charge in [0.2, 0.25) is 0 Å². The fraction of sp³-hybridized carbons (Fsp3) is 0.500. The summed E-state index contributed by atoms with van der Waals surface area (Å²) in [6, 6.07) is 6.16. The van der Waals surface area contributed by atoms with Gasteiger partial charge in [-0.1, -0.05) is 19.1 Å². The number of thiazole rings is 1. The summed E-state index contributed by atoms with van der Waals surface area (Å²) in [6.07, 6.45) is 5.70. The number of carbonyl (C=O) groups is 1. The Balaban J connectivity index is 1.56. The van der Waals surface area contributed by atoms with E-state index in [1.165, 1.54) is 40.5 Å². The van der Waals surface area contributed by atoms with E-state index in [1.54, 1.807) is 11.3 Å². The number of benzene rings is 1. The molecule has 4 rings (SSSR count). The van der Waals surface area contributed by atoms with E-state index >= 15 is 0 Å². The third-order valence-corrected chi connectivity index (χ3v) is 6.39.